The molecule has 0 atom stereocenters. The molecule has 0 saturated heterocycles. The second-order valence-electron chi connectivity index (χ2n) is 8.43. The first-order valence-electron chi connectivity index (χ1n) is 11.2. The number of benzene rings is 3. The molecule has 10 heteroatoms. The van der Waals surface area contributed by atoms with E-state index in [0.29, 0.717) is 16.4 Å². The predicted octanol–water partition coefficient (Wildman–Crippen LogP) is 6.62. The summed E-state index contributed by atoms with van der Waals surface area (Å²) in [5.74, 6) is 0.123. The Balaban J connectivity index is 1.46. The number of nitrogens with zero attached hydrogens (tertiary/aromatic N) is 4. The van der Waals surface area contributed by atoms with Gasteiger partial charge in [-0.05, 0) is 43.7 Å². The number of hydrogen-bond donors (Lipinski definition) is 1. The zero-order valence-corrected chi connectivity index (χ0v) is 20.6. The molecule has 2 aromatic heterocycles. The summed E-state index contributed by atoms with van der Waals surface area (Å²) in [7, 11) is 0. The third-order valence-electron chi connectivity index (χ3n) is 5.72. The summed E-state index contributed by atoms with van der Waals surface area (Å²) in [6.07, 6.45) is 3.02. The third-order valence-corrected chi connectivity index (χ3v) is 6.14. The van der Waals surface area contributed by atoms with E-state index in [1.54, 1.807) is 28.9 Å². The van der Waals surface area contributed by atoms with Crippen molar-refractivity contribution in [1.29, 1.82) is 0 Å². The standard InChI is InChI=1S/C27H20ClN5O4/c1-16-3-5-18(6-4-16)25-9-10-29-26-23(15-30-32(25)26)27(34)31-19-12-20(33(35)36)14-22(13-19)37-21-7-8-24(28)17(2)11-21/h3-15H,1-2H3,(H,31,34). The molecule has 0 radical (unpaired) electrons. The zero-order valence-electron chi connectivity index (χ0n) is 19.8. The molecule has 1 N–H and O–H groups in total. The predicted molar refractivity (Wildman–Crippen MR) is 140 cm³/mol. The van der Waals surface area contributed by atoms with Gasteiger partial charge in [0.2, 0.25) is 0 Å². The number of aryl methyl sites for hydroxylation is 2. The summed E-state index contributed by atoms with van der Waals surface area (Å²) in [6, 6.07) is 18.8. The normalized spacial score (nSPS) is 10.9. The van der Waals surface area contributed by atoms with Crippen molar-refractivity contribution in [3.05, 3.63) is 111 Å². The largest absolute Gasteiger partial charge is 0.457 e. The topological polar surface area (TPSA) is 112 Å². The molecule has 5 aromatic rings. The van der Waals surface area contributed by atoms with E-state index in [1.165, 1.54) is 24.4 Å². The SMILES string of the molecule is Cc1ccc(-c2ccnc3c(C(=O)Nc4cc(Oc5ccc(Cl)c(C)c5)cc([N+](=O)[O-])c4)cnn23)cc1. The number of fused-ring (bicyclic) bond motifs is 1. The van der Waals surface area contributed by atoms with Crippen LogP contribution in [0, 0.1) is 24.0 Å². The molecule has 37 heavy (non-hydrogen) atoms. The van der Waals surface area contributed by atoms with E-state index in [-0.39, 0.29) is 22.7 Å². The fraction of sp³-hybridized carbons (Fsp3) is 0.0741. The lowest BCUT2D eigenvalue weighted by Gasteiger charge is -2.10. The first-order valence-corrected chi connectivity index (χ1v) is 11.6. The van der Waals surface area contributed by atoms with Crippen molar-refractivity contribution in [3.63, 3.8) is 0 Å². The molecule has 9 nitrogen and oxygen atoms in total. The van der Waals surface area contributed by atoms with Gasteiger partial charge in [-0.25, -0.2) is 9.50 Å². The van der Waals surface area contributed by atoms with Crippen molar-refractivity contribution in [3.8, 4) is 22.8 Å². The lowest BCUT2D eigenvalue weighted by molar-refractivity contribution is -0.384. The number of rotatable bonds is 6. The van der Waals surface area contributed by atoms with Gasteiger partial charge in [0.25, 0.3) is 11.6 Å². The van der Waals surface area contributed by atoms with Crippen LogP contribution in [0.5, 0.6) is 11.5 Å². The van der Waals surface area contributed by atoms with Crippen molar-refractivity contribution < 1.29 is 14.5 Å². The van der Waals surface area contributed by atoms with Crippen LogP contribution in [0.4, 0.5) is 11.4 Å². The highest BCUT2D eigenvalue weighted by atomic mass is 35.5. The van der Waals surface area contributed by atoms with E-state index in [2.05, 4.69) is 15.4 Å². The van der Waals surface area contributed by atoms with Gasteiger partial charge in [-0.2, -0.15) is 5.10 Å². The molecule has 0 aliphatic heterocycles. The van der Waals surface area contributed by atoms with Crippen LogP contribution >= 0.6 is 11.6 Å². The monoisotopic (exact) mass is 513 g/mol. The number of amides is 1. The van der Waals surface area contributed by atoms with Gasteiger partial charge in [0.05, 0.1) is 28.6 Å². The van der Waals surface area contributed by atoms with Crippen molar-refractivity contribution in [1.82, 2.24) is 14.6 Å². The van der Waals surface area contributed by atoms with Crippen molar-refractivity contribution in [2.45, 2.75) is 13.8 Å². The van der Waals surface area contributed by atoms with Crippen LogP contribution in [-0.2, 0) is 0 Å². The molecule has 1 amide bonds. The van der Waals surface area contributed by atoms with Gasteiger partial charge in [-0.3, -0.25) is 14.9 Å². The molecular formula is C27H20ClN5O4. The first kappa shape index (κ1) is 24.0. The minimum atomic E-state index is -0.555. The number of halogens is 1. The summed E-state index contributed by atoms with van der Waals surface area (Å²) in [5, 5.41) is 19.2. The lowest BCUT2D eigenvalue weighted by Crippen LogP contribution is -2.12. The van der Waals surface area contributed by atoms with Crippen LogP contribution in [0.25, 0.3) is 16.9 Å². The minimum Gasteiger partial charge on any atom is -0.457 e. The molecular weight excluding hydrogens is 494 g/mol. The Labute approximate surface area is 216 Å². The van der Waals surface area contributed by atoms with Crippen LogP contribution in [-0.4, -0.2) is 25.4 Å². The van der Waals surface area contributed by atoms with E-state index in [4.69, 9.17) is 16.3 Å². The van der Waals surface area contributed by atoms with E-state index in [0.717, 1.165) is 22.4 Å². The van der Waals surface area contributed by atoms with Crippen molar-refractivity contribution in [2.24, 2.45) is 0 Å². The van der Waals surface area contributed by atoms with Crippen LogP contribution in [0.2, 0.25) is 5.02 Å². The van der Waals surface area contributed by atoms with Crippen LogP contribution in [0.1, 0.15) is 21.5 Å². The Hall–Kier alpha value is -4.76. The Morgan fingerprint density at radius 2 is 1.81 bits per heavy atom. The van der Waals surface area contributed by atoms with Crippen LogP contribution in [0.3, 0.4) is 0 Å². The van der Waals surface area contributed by atoms with Crippen molar-refractivity contribution >= 4 is 34.5 Å². The highest BCUT2D eigenvalue weighted by Gasteiger charge is 2.19. The summed E-state index contributed by atoms with van der Waals surface area (Å²) in [4.78, 5) is 28.5. The minimum absolute atomic E-state index is 0.186. The van der Waals surface area contributed by atoms with Crippen LogP contribution < -0.4 is 10.1 Å². The smallest absolute Gasteiger partial charge is 0.275 e. The molecule has 0 bridgehead atoms. The van der Waals surface area contributed by atoms with Gasteiger partial charge >= 0.3 is 0 Å². The fourth-order valence-corrected chi connectivity index (χ4v) is 3.95. The number of carbonyl (C=O) groups excluding carboxylic acids is 1. The molecule has 3 aromatic carbocycles. The molecule has 0 unspecified atom stereocenters. The van der Waals surface area contributed by atoms with E-state index < -0.39 is 10.8 Å². The number of anilines is 1. The average molecular weight is 514 g/mol. The number of nitro benzene ring substituents is 1. The molecule has 5 rings (SSSR count). The van der Waals surface area contributed by atoms with E-state index >= 15 is 0 Å². The van der Waals surface area contributed by atoms with Crippen LogP contribution in [0.15, 0.2) is 79.1 Å². The summed E-state index contributed by atoms with van der Waals surface area (Å²) in [5.41, 5.74) is 4.14. The second-order valence-corrected chi connectivity index (χ2v) is 8.84. The Morgan fingerprint density at radius 1 is 1.03 bits per heavy atom. The molecule has 0 spiro atoms. The number of nitrogens with one attached hydrogen (secondary N) is 1. The Bertz CT molecular complexity index is 1660. The second kappa shape index (κ2) is 9.71. The quantitative estimate of drug-likeness (QED) is 0.202. The molecule has 0 fully saturated rings. The highest BCUT2D eigenvalue weighted by molar-refractivity contribution is 6.31. The fourth-order valence-electron chi connectivity index (χ4n) is 3.83. The van der Waals surface area contributed by atoms with E-state index in [9.17, 15) is 14.9 Å². The average Bonchev–Trinajstić information content (AvgIpc) is 3.31. The lowest BCUT2D eigenvalue weighted by atomic mass is 10.1. The molecule has 184 valence electrons. The number of aromatic nitrogens is 3. The Morgan fingerprint density at radius 3 is 2.54 bits per heavy atom. The Kier molecular flexibility index (Phi) is 6.29. The molecule has 0 saturated carbocycles. The molecule has 0 aliphatic carbocycles. The maximum absolute atomic E-state index is 13.2. The number of ether oxygens (including phenoxy) is 1. The number of non-ortho nitro benzene ring substituents is 1. The van der Waals surface area contributed by atoms with Gasteiger partial charge in [-0.1, -0.05) is 41.4 Å². The third kappa shape index (κ3) is 4.98. The summed E-state index contributed by atoms with van der Waals surface area (Å²) >= 11 is 6.07. The number of nitro groups is 1. The van der Waals surface area contributed by atoms with Gasteiger partial charge < -0.3 is 10.1 Å². The number of carbonyl (C=O) groups is 1. The molecule has 0 aliphatic rings. The summed E-state index contributed by atoms with van der Waals surface area (Å²) < 4.78 is 7.41. The zero-order chi connectivity index (χ0) is 26.1. The van der Waals surface area contributed by atoms with Gasteiger partial charge in [-0.15, -0.1) is 0 Å². The van der Waals surface area contributed by atoms with Gasteiger partial charge in [0.15, 0.2) is 5.65 Å². The van der Waals surface area contributed by atoms with Gasteiger partial charge in [0.1, 0.15) is 17.1 Å². The number of hydrogen-bond acceptors (Lipinski definition) is 6. The van der Waals surface area contributed by atoms with Crippen molar-refractivity contribution in [2.75, 3.05) is 5.32 Å². The first-order chi connectivity index (χ1) is 17.8. The highest BCUT2D eigenvalue weighted by Crippen LogP contribution is 2.32. The maximum Gasteiger partial charge on any atom is 0.275 e. The maximum atomic E-state index is 13.2. The summed E-state index contributed by atoms with van der Waals surface area (Å²) in [6.45, 7) is 3.83. The van der Waals surface area contributed by atoms with E-state index in [1.807, 2.05) is 44.2 Å². The molecule has 2 heterocycles. The van der Waals surface area contributed by atoms with Gasteiger partial charge in [0, 0.05) is 28.9 Å².